The molecule has 0 atom stereocenters. The summed E-state index contributed by atoms with van der Waals surface area (Å²) in [4.78, 5) is 0. The summed E-state index contributed by atoms with van der Waals surface area (Å²) in [5, 5.41) is 0. The predicted molar refractivity (Wildman–Crippen MR) is 117 cm³/mol. The Kier molecular flexibility index (Phi) is 25.3. The Bertz CT molecular complexity index is 681. The summed E-state index contributed by atoms with van der Waals surface area (Å²) >= 11 is 5.03. The fourth-order valence-corrected chi connectivity index (χ4v) is 4.77. The molecule has 0 aliphatic carbocycles. The Labute approximate surface area is 243 Å². The Hall–Kier alpha value is 3.26. The molecule has 12 nitrogen and oxygen atoms in total. The molecule has 0 heterocycles. The van der Waals surface area contributed by atoms with Crippen molar-refractivity contribution in [2.75, 3.05) is 37.1 Å². The van der Waals surface area contributed by atoms with Gasteiger partial charge in [-0.15, -0.1) is 0 Å². The third kappa shape index (κ3) is 29.2. The summed E-state index contributed by atoms with van der Waals surface area (Å²) in [6.07, 6.45) is -0.375. The zero-order chi connectivity index (χ0) is 20.5. The topological polar surface area (TPSA) is 191 Å². The molecule has 0 aromatic heterocycles. The van der Waals surface area contributed by atoms with E-state index in [9.17, 15) is 25.3 Å². The van der Waals surface area contributed by atoms with Gasteiger partial charge in [-0.25, -0.2) is 0 Å². The normalized spacial score (nSPS) is 12.4. The van der Waals surface area contributed by atoms with Crippen LogP contribution in [0.1, 0.15) is 19.3 Å². The fourth-order valence-electron chi connectivity index (χ4n) is 1.36. The molecule has 29 heavy (non-hydrogen) atoms. The molecule has 0 rings (SSSR count). The van der Waals surface area contributed by atoms with Crippen LogP contribution in [0.15, 0.2) is 0 Å². The molecule has 0 aliphatic rings. The van der Waals surface area contributed by atoms with Crippen molar-refractivity contribution in [3.8, 4) is 0 Å². The predicted octanol–water partition coefficient (Wildman–Crippen LogP) is -1.85. The van der Waals surface area contributed by atoms with Gasteiger partial charge in [0, 0.05) is 0 Å². The van der Waals surface area contributed by atoms with E-state index in [2.05, 4.69) is 0 Å². The Morgan fingerprint density at radius 3 is 0.966 bits per heavy atom. The maximum atomic E-state index is 10.6. The van der Waals surface area contributed by atoms with Gasteiger partial charge in [-0.3, -0.25) is 13.7 Å². The Morgan fingerprint density at radius 2 is 0.793 bits per heavy atom. The molecule has 0 radical (unpaired) electrons. The van der Waals surface area contributed by atoms with Crippen molar-refractivity contribution in [2.24, 2.45) is 0 Å². The third-order valence-corrected chi connectivity index (χ3v) is 7.25. The van der Waals surface area contributed by atoms with E-state index in [-0.39, 0.29) is 128 Å². The van der Waals surface area contributed by atoms with Crippen LogP contribution >= 0.6 is 6.72 Å². The molecule has 3 N–H and O–H groups in total. The van der Waals surface area contributed by atoms with Crippen molar-refractivity contribution in [3.05, 3.63) is 0 Å². The van der Waals surface area contributed by atoms with Crippen molar-refractivity contribution in [1.29, 1.82) is 0 Å². The van der Waals surface area contributed by atoms with Gasteiger partial charge in [-0.2, -0.15) is 25.3 Å². The molecule has 20 heteroatoms. The standard InChI is InChI=1S/C9H21O12PS4.3Na.3H/c10-24(11,12)7-1-4-19-22(23,20-5-2-8-25(13,14)15)21-6-3-9-26(16,17)18;;;;;;/h1-9H2,(H,10,11,12)(H,13,14,15)(H,16,17,18);;;;;;. The van der Waals surface area contributed by atoms with Crippen LogP contribution in [0.2, 0.25) is 0 Å². The summed E-state index contributed by atoms with van der Waals surface area (Å²) in [5.74, 6) is -1.77. The van der Waals surface area contributed by atoms with Crippen LogP contribution in [0.4, 0.5) is 0 Å². The Balaban J connectivity index is -0.00000104. The molecule has 0 aliphatic heterocycles. The van der Waals surface area contributed by atoms with Crippen molar-refractivity contribution < 1.29 is 52.5 Å². The first-order valence-corrected chi connectivity index (χ1v) is 14.4. The van der Waals surface area contributed by atoms with Crippen LogP contribution in [0, 0.1) is 0 Å². The molecule has 0 amide bonds. The second kappa shape index (κ2) is 18.6. The van der Waals surface area contributed by atoms with Crippen LogP contribution in [0.25, 0.3) is 0 Å². The Morgan fingerprint density at radius 1 is 0.586 bits per heavy atom. The molecule has 0 spiro atoms. The van der Waals surface area contributed by atoms with Gasteiger partial charge in [0.25, 0.3) is 30.4 Å². The van der Waals surface area contributed by atoms with Crippen LogP contribution in [-0.4, -0.2) is 165 Å². The van der Waals surface area contributed by atoms with E-state index in [0.29, 0.717) is 0 Å². The minimum absolute atomic E-state index is 0. The number of hydrogen-bond donors (Lipinski definition) is 3. The summed E-state index contributed by atoms with van der Waals surface area (Å²) in [6, 6.07) is 0. The van der Waals surface area contributed by atoms with Crippen LogP contribution < -0.4 is 0 Å². The molecule has 0 saturated carbocycles. The quantitative estimate of drug-likeness (QED) is 0.0889. The van der Waals surface area contributed by atoms with E-state index < -0.39 is 54.3 Å². The first-order valence-electron chi connectivity index (χ1n) is 7.01. The van der Waals surface area contributed by atoms with Gasteiger partial charge in [0.05, 0.1) is 37.1 Å². The zero-order valence-corrected chi connectivity index (χ0v) is 17.6. The second-order valence-electron chi connectivity index (χ2n) is 4.87. The van der Waals surface area contributed by atoms with E-state index in [1.54, 1.807) is 0 Å². The van der Waals surface area contributed by atoms with E-state index >= 15 is 0 Å². The first kappa shape index (κ1) is 39.5. The van der Waals surface area contributed by atoms with Crippen molar-refractivity contribution in [2.45, 2.75) is 19.3 Å². The molecule has 164 valence electrons. The number of hydrogen-bond acceptors (Lipinski definition) is 10. The molecule has 0 aromatic carbocycles. The number of rotatable bonds is 15. The van der Waals surface area contributed by atoms with Gasteiger partial charge in [0.1, 0.15) is 0 Å². The zero-order valence-electron chi connectivity index (χ0n) is 13.5. The van der Waals surface area contributed by atoms with Crippen LogP contribution in [0.5, 0.6) is 0 Å². The van der Waals surface area contributed by atoms with Crippen LogP contribution in [-0.2, 0) is 55.7 Å². The summed E-state index contributed by atoms with van der Waals surface area (Å²) in [6.45, 7) is -4.23. The van der Waals surface area contributed by atoms with Crippen molar-refractivity contribution >= 4 is 138 Å². The van der Waals surface area contributed by atoms with Gasteiger partial charge >= 0.3 is 95.4 Å². The van der Waals surface area contributed by atoms with E-state index in [4.69, 9.17) is 39.0 Å². The van der Waals surface area contributed by atoms with Gasteiger partial charge in [0.2, 0.25) is 0 Å². The average molecular weight is 552 g/mol. The molecular weight excluding hydrogens is 528 g/mol. The fraction of sp³-hybridized carbons (Fsp3) is 1.00. The first-order chi connectivity index (χ1) is 11.6. The van der Waals surface area contributed by atoms with Crippen molar-refractivity contribution in [1.82, 2.24) is 0 Å². The molecular formula is C9H24Na3O12PS4. The maximum absolute atomic E-state index is 10.6. The molecule has 0 saturated heterocycles. The summed E-state index contributed by atoms with van der Waals surface area (Å²) in [7, 11) is -12.6. The van der Waals surface area contributed by atoms with E-state index in [0.717, 1.165) is 0 Å². The molecule has 0 unspecified atom stereocenters. The molecule has 0 aromatic rings. The van der Waals surface area contributed by atoms with Gasteiger partial charge in [-0.05, 0) is 31.1 Å². The second-order valence-corrected chi connectivity index (χ2v) is 12.6. The minimum atomic E-state index is -4.19. The monoisotopic (exact) mass is 552 g/mol. The summed E-state index contributed by atoms with van der Waals surface area (Å²) < 4.78 is 105. The van der Waals surface area contributed by atoms with Gasteiger partial charge < -0.3 is 13.6 Å². The third-order valence-electron chi connectivity index (χ3n) is 2.39. The molecule has 0 bridgehead atoms. The van der Waals surface area contributed by atoms with Gasteiger partial charge in [-0.1, -0.05) is 0 Å². The summed E-state index contributed by atoms with van der Waals surface area (Å²) in [5.41, 5.74) is 0. The van der Waals surface area contributed by atoms with E-state index in [1.807, 2.05) is 0 Å². The SMILES string of the molecule is O=S(=O)(O)CCCOP(=S)(OCCCS(=O)(=O)O)OCCCS(=O)(=O)O.[NaH].[NaH].[NaH]. The average Bonchev–Trinajstić information content (AvgIpc) is 2.42. The van der Waals surface area contributed by atoms with Gasteiger partial charge in [0.15, 0.2) is 0 Å². The van der Waals surface area contributed by atoms with Crippen molar-refractivity contribution in [3.63, 3.8) is 0 Å². The van der Waals surface area contributed by atoms with E-state index in [1.165, 1.54) is 0 Å². The van der Waals surface area contributed by atoms with Crippen LogP contribution in [0.3, 0.4) is 0 Å². The molecule has 0 fully saturated rings.